The molecule has 3 aliphatic rings. The van der Waals surface area contributed by atoms with Gasteiger partial charge in [0.15, 0.2) is 0 Å². The highest BCUT2D eigenvalue weighted by atomic mass is 32.1. The molecule has 5 nitrogen and oxygen atoms in total. The molecule has 0 radical (unpaired) electrons. The SMILES string of the molecule is Cc1ccc(C2=CC3(CCN(OC(=S)NC4CCCCC4)CC3)ON2)cc1. The molecule has 2 N–H and O–H groups in total. The number of thiocarbonyl (C=S) groups is 1. The quantitative estimate of drug-likeness (QED) is 0.769. The molecule has 1 saturated carbocycles. The summed E-state index contributed by atoms with van der Waals surface area (Å²) >= 11 is 5.40. The van der Waals surface area contributed by atoms with E-state index >= 15 is 0 Å². The molecule has 2 fully saturated rings. The second-order valence-electron chi connectivity index (χ2n) is 7.98. The first-order valence-corrected chi connectivity index (χ1v) is 10.5. The Bertz CT molecular complexity index is 690. The van der Waals surface area contributed by atoms with Gasteiger partial charge in [-0.25, -0.2) is 0 Å². The number of rotatable bonds is 3. The average Bonchev–Trinajstić information content (AvgIpc) is 3.09. The first-order chi connectivity index (χ1) is 13.1. The van der Waals surface area contributed by atoms with E-state index in [2.05, 4.69) is 48.1 Å². The van der Waals surface area contributed by atoms with E-state index in [4.69, 9.17) is 21.9 Å². The van der Waals surface area contributed by atoms with Gasteiger partial charge in [-0.2, -0.15) is 0 Å². The fourth-order valence-corrected chi connectivity index (χ4v) is 4.39. The van der Waals surface area contributed by atoms with Crippen LogP contribution in [0.3, 0.4) is 0 Å². The molecule has 6 heteroatoms. The zero-order chi connectivity index (χ0) is 18.7. The Morgan fingerprint density at radius 2 is 1.89 bits per heavy atom. The van der Waals surface area contributed by atoms with Gasteiger partial charge in [-0.1, -0.05) is 49.1 Å². The third-order valence-electron chi connectivity index (χ3n) is 5.84. The Balaban J connectivity index is 1.28. The number of hydroxylamine groups is 3. The van der Waals surface area contributed by atoms with Crippen LogP contribution in [0.25, 0.3) is 5.70 Å². The van der Waals surface area contributed by atoms with E-state index in [0.29, 0.717) is 11.2 Å². The van der Waals surface area contributed by atoms with E-state index < -0.39 is 0 Å². The van der Waals surface area contributed by atoms with E-state index in [9.17, 15) is 0 Å². The predicted molar refractivity (Wildman–Crippen MR) is 111 cm³/mol. The van der Waals surface area contributed by atoms with Crippen LogP contribution >= 0.6 is 12.2 Å². The van der Waals surface area contributed by atoms with Crippen LogP contribution in [-0.2, 0) is 9.68 Å². The molecule has 0 unspecified atom stereocenters. The third kappa shape index (κ3) is 4.62. The van der Waals surface area contributed by atoms with E-state index in [1.54, 1.807) is 0 Å². The zero-order valence-electron chi connectivity index (χ0n) is 16.0. The molecule has 2 heterocycles. The van der Waals surface area contributed by atoms with Crippen molar-refractivity contribution in [1.82, 2.24) is 15.9 Å². The fourth-order valence-electron chi connectivity index (χ4n) is 4.11. The highest BCUT2D eigenvalue weighted by Crippen LogP contribution is 2.34. The summed E-state index contributed by atoms with van der Waals surface area (Å²) in [5, 5.41) is 5.85. The van der Waals surface area contributed by atoms with Crippen molar-refractivity contribution in [2.75, 3.05) is 13.1 Å². The Kier molecular flexibility index (Phi) is 5.66. The first-order valence-electron chi connectivity index (χ1n) is 10.1. The van der Waals surface area contributed by atoms with Gasteiger partial charge in [0.2, 0.25) is 0 Å². The van der Waals surface area contributed by atoms with Gasteiger partial charge in [0.1, 0.15) is 5.60 Å². The van der Waals surface area contributed by atoms with Crippen LogP contribution in [0.1, 0.15) is 56.1 Å². The van der Waals surface area contributed by atoms with Gasteiger partial charge in [0.05, 0.1) is 5.70 Å². The largest absolute Gasteiger partial charge is 0.376 e. The minimum atomic E-state index is -0.251. The van der Waals surface area contributed by atoms with Crippen LogP contribution in [-0.4, -0.2) is 35.0 Å². The van der Waals surface area contributed by atoms with Crippen LogP contribution in [0.2, 0.25) is 0 Å². The van der Waals surface area contributed by atoms with E-state index in [0.717, 1.165) is 37.2 Å². The number of hydrogen-bond donors (Lipinski definition) is 2. The average molecular weight is 388 g/mol. The highest BCUT2D eigenvalue weighted by molar-refractivity contribution is 7.80. The van der Waals surface area contributed by atoms with Crippen LogP contribution < -0.4 is 10.8 Å². The summed E-state index contributed by atoms with van der Waals surface area (Å²) in [4.78, 5) is 11.9. The van der Waals surface area contributed by atoms with Gasteiger partial charge in [-0.3, -0.25) is 10.3 Å². The Morgan fingerprint density at radius 1 is 1.19 bits per heavy atom. The maximum absolute atomic E-state index is 5.98. The summed E-state index contributed by atoms with van der Waals surface area (Å²) in [5.41, 5.74) is 6.35. The first kappa shape index (κ1) is 18.7. The van der Waals surface area contributed by atoms with E-state index in [1.165, 1.54) is 37.7 Å². The molecule has 0 aromatic heterocycles. The van der Waals surface area contributed by atoms with E-state index in [1.807, 2.05) is 5.06 Å². The number of nitrogens with one attached hydrogen (secondary N) is 2. The van der Waals surface area contributed by atoms with Gasteiger partial charge in [-0.05, 0) is 56.5 Å². The Morgan fingerprint density at radius 3 is 2.59 bits per heavy atom. The lowest BCUT2D eigenvalue weighted by Gasteiger charge is -2.36. The zero-order valence-corrected chi connectivity index (χ0v) is 16.8. The molecular formula is C21H29N3O2S. The lowest BCUT2D eigenvalue weighted by atomic mass is 9.91. The van der Waals surface area contributed by atoms with Crippen LogP contribution in [0.5, 0.6) is 0 Å². The topological polar surface area (TPSA) is 45.8 Å². The molecule has 1 spiro atoms. The van der Waals surface area contributed by atoms with Crippen molar-refractivity contribution in [3.05, 3.63) is 41.5 Å². The molecule has 1 aliphatic carbocycles. The van der Waals surface area contributed by atoms with Crippen molar-refractivity contribution in [3.63, 3.8) is 0 Å². The lowest BCUT2D eigenvalue weighted by molar-refractivity contribution is -0.144. The minimum absolute atomic E-state index is 0.251. The smallest absolute Gasteiger partial charge is 0.278 e. The number of nitrogens with zero attached hydrogens (tertiary/aromatic N) is 1. The number of aryl methyl sites for hydroxylation is 1. The van der Waals surface area contributed by atoms with Crippen LogP contribution in [0.15, 0.2) is 30.3 Å². The molecular weight excluding hydrogens is 358 g/mol. The third-order valence-corrected chi connectivity index (χ3v) is 6.03. The molecule has 27 heavy (non-hydrogen) atoms. The molecule has 0 amide bonds. The fraction of sp³-hybridized carbons (Fsp3) is 0.571. The molecule has 146 valence electrons. The van der Waals surface area contributed by atoms with Gasteiger partial charge in [-0.15, -0.1) is 5.06 Å². The van der Waals surface area contributed by atoms with Crippen molar-refractivity contribution >= 4 is 23.1 Å². The second kappa shape index (κ2) is 8.17. The van der Waals surface area contributed by atoms with Crippen LogP contribution in [0.4, 0.5) is 0 Å². The van der Waals surface area contributed by atoms with Gasteiger partial charge in [0.25, 0.3) is 5.17 Å². The van der Waals surface area contributed by atoms with Crippen molar-refractivity contribution in [2.45, 2.75) is 63.5 Å². The molecule has 0 atom stereocenters. The molecule has 1 aromatic carbocycles. The minimum Gasteiger partial charge on any atom is -0.376 e. The van der Waals surface area contributed by atoms with E-state index in [-0.39, 0.29) is 5.60 Å². The van der Waals surface area contributed by atoms with Crippen molar-refractivity contribution in [3.8, 4) is 0 Å². The Labute approximate surface area is 167 Å². The standard InChI is InChI=1S/C21H29N3O2S/c1-16-7-9-17(10-8-16)19-15-21(26-23-19)11-13-24(14-12-21)25-20(27)22-18-5-3-2-4-6-18/h7-10,15,18,23H,2-6,11-14H2,1H3,(H,22,27). The summed E-state index contributed by atoms with van der Waals surface area (Å²) in [7, 11) is 0. The molecule has 1 saturated heterocycles. The van der Waals surface area contributed by atoms with Gasteiger partial charge >= 0.3 is 0 Å². The monoisotopic (exact) mass is 387 g/mol. The number of hydrogen-bond acceptors (Lipinski definition) is 5. The molecule has 1 aromatic rings. The molecule has 0 bridgehead atoms. The normalized spacial score (nSPS) is 22.9. The molecule has 4 rings (SSSR count). The maximum Gasteiger partial charge on any atom is 0.278 e. The summed E-state index contributed by atoms with van der Waals surface area (Å²) in [6.07, 6.45) is 10.3. The van der Waals surface area contributed by atoms with Gasteiger partial charge in [0, 0.05) is 19.1 Å². The van der Waals surface area contributed by atoms with Crippen molar-refractivity contribution in [1.29, 1.82) is 0 Å². The second-order valence-corrected chi connectivity index (χ2v) is 8.35. The summed E-state index contributed by atoms with van der Waals surface area (Å²) in [5.74, 6) is 0. The molecule has 2 aliphatic heterocycles. The maximum atomic E-state index is 5.98. The van der Waals surface area contributed by atoms with Crippen molar-refractivity contribution in [2.24, 2.45) is 0 Å². The summed E-state index contributed by atoms with van der Waals surface area (Å²) < 4.78 is 0. The predicted octanol–water partition coefficient (Wildman–Crippen LogP) is 3.84. The highest BCUT2D eigenvalue weighted by Gasteiger charge is 2.39. The van der Waals surface area contributed by atoms with Crippen molar-refractivity contribution < 1.29 is 9.68 Å². The Hall–Kier alpha value is -1.63. The number of piperidine rings is 1. The summed E-state index contributed by atoms with van der Waals surface area (Å²) in [6.45, 7) is 3.69. The number of benzene rings is 1. The van der Waals surface area contributed by atoms with Crippen LogP contribution in [0, 0.1) is 6.92 Å². The summed E-state index contributed by atoms with van der Waals surface area (Å²) in [6, 6.07) is 8.98. The van der Waals surface area contributed by atoms with Gasteiger partial charge < -0.3 is 10.2 Å². The lowest BCUT2D eigenvalue weighted by Crippen LogP contribution is -2.47.